The maximum Gasteiger partial charge on any atom is 0.0620 e. The van der Waals surface area contributed by atoms with E-state index < -0.39 is 0 Å². The van der Waals surface area contributed by atoms with Crippen molar-refractivity contribution in [2.24, 2.45) is 0 Å². The second-order valence-corrected chi connectivity index (χ2v) is 10.1. The molecule has 0 saturated carbocycles. The number of rotatable bonds is 2. The Morgan fingerprint density at radius 2 is 1.47 bits per heavy atom. The van der Waals surface area contributed by atoms with Gasteiger partial charge in [-0.2, -0.15) is 0 Å². The summed E-state index contributed by atoms with van der Waals surface area (Å²) in [6.07, 6.45) is 2.14. The zero-order chi connectivity index (χ0) is 21.4. The third kappa shape index (κ3) is 2.47. The monoisotopic (exact) mass is 491 g/mol. The van der Waals surface area contributed by atoms with E-state index in [9.17, 15) is 0 Å². The van der Waals surface area contributed by atoms with Gasteiger partial charge in [0, 0.05) is 30.9 Å². The standard InChI is InChI=1S/C29H18BrNS/c1-32-28-12-11-20(30)16-24(28)18-10-9-17-14-25-23-7-4-6-22-21-5-2-3-8-26(21)31(29(22)23)27(25)15-19(17)13-18/h2-16H,1H3. The van der Waals surface area contributed by atoms with Crippen molar-refractivity contribution in [2.45, 2.75) is 4.90 Å². The molecule has 0 atom stereocenters. The minimum atomic E-state index is 1.11. The van der Waals surface area contributed by atoms with Crippen molar-refractivity contribution in [1.82, 2.24) is 4.40 Å². The zero-order valence-electron chi connectivity index (χ0n) is 17.4. The number of nitrogens with zero attached hydrogens (tertiary/aromatic N) is 1. The van der Waals surface area contributed by atoms with Crippen molar-refractivity contribution >= 4 is 76.6 Å². The predicted octanol–water partition coefficient (Wildman–Crippen LogP) is 9.14. The fraction of sp³-hybridized carbons (Fsp3) is 0.0345. The Morgan fingerprint density at radius 3 is 2.34 bits per heavy atom. The largest absolute Gasteiger partial charge is 0.308 e. The molecule has 0 aliphatic rings. The van der Waals surface area contributed by atoms with Crippen LogP contribution in [-0.4, -0.2) is 10.7 Å². The van der Waals surface area contributed by atoms with E-state index in [-0.39, 0.29) is 0 Å². The minimum Gasteiger partial charge on any atom is -0.308 e. The van der Waals surface area contributed by atoms with Crippen molar-refractivity contribution in [2.75, 3.05) is 6.26 Å². The Bertz CT molecular complexity index is 1830. The van der Waals surface area contributed by atoms with Gasteiger partial charge in [0.05, 0.1) is 16.6 Å². The summed E-state index contributed by atoms with van der Waals surface area (Å²) in [6.45, 7) is 0. The molecule has 3 heteroatoms. The lowest BCUT2D eigenvalue weighted by Gasteiger charge is -2.10. The van der Waals surface area contributed by atoms with E-state index in [1.165, 1.54) is 64.9 Å². The lowest BCUT2D eigenvalue weighted by molar-refractivity contribution is 1.37. The van der Waals surface area contributed by atoms with Crippen molar-refractivity contribution in [1.29, 1.82) is 0 Å². The first-order chi connectivity index (χ1) is 15.7. The average molecular weight is 492 g/mol. The highest BCUT2D eigenvalue weighted by Gasteiger charge is 2.17. The Hall–Kier alpha value is -3.01. The Labute approximate surface area is 198 Å². The van der Waals surface area contributed by atoms with Crippen molar-refractivity contribution in [3.05, 3.63) is 95.5 Å². The molecule has 32 heavy (non-hydrogen) atoms. The number of para-hydroxylation sites is 2. The summed E-state index contributed by atoms with van der Waals surface area (Å²) in [5.41, 5.74) is 6.41. The van der Waals surface area contributed by atoms with E-state index in [0.717, 1.165) is 4.47 Å². The fourth-order valence-electron chi connectivity index (χ4n) is 5.25. The quantitative estimate of drug-likeness (QED) is 0.218. The highest BCUT2D eigenvalue weighted by molar-refractivity contribution is 9.10. The molecule has 0 fully saturated rings. The van der Waals surface area contributed by atoms with Gasteiger partial charge in [-0.25, -0.2) is 0 Å². The van der Waals surface area contributed by atoms with Crippen LogP contribution in [0.4, 0.5) is 0 Å². The van der Waals surface area contributed by atoms with Crippen LogP contribution in [0.25, 0.3) is 60.0 Å². The third-order valence-electron chi connectivity index (χ3n) is 6.65. The maximum absolute atomic E-state index is 3.65. The molecule has 0 amide bonds. The van der Waals surface area contributed by atoms with Crippen LogP contribution in [0.1, 0.15) is 0 Å². The second-order valence-electron chi connectivity index (χ2n) is 8.33. The van der Waals surface area contributed by atoms with E-state index >= 15 is 0 Å². The summed E-state index contributed by atoms with van der Waals surface area (Å²) in [6, 6.07) is 33.6. The van der Waals surface area contributed by atoms with Crippen molar-refractivity contribution in [3.8, 4) is 11.1 Å². The molecule has 0 spiro atoms. The van der Waals surface area contributed by atoms with Crippen LogP contribution < -0.4 is 0 Å². The molecule has 0 aliphatic heterocycles. The van der Waals surface area contributed by atoms with Gasteiger partial charge in [0.1, 0.15) is 0 Å². The smallest absolute Gasteiger partial charge is 0.0620 e. The molecule has 0 aliphatic carbocycles. The normalized spacial score (nSPS) is 12.2. The SMILES string of the molecule is CSc1ccc(Br)cc1-c1ccc2cc3c4cccc5c6ccccc6n(c3cc2c1)c54. The summed E-state index contributed by atoms with van der Waals surface area (Å²) in [5.74, 6) is 0. The molecule has 0 N–H and O–H groups in total. The van der Waals surface area contributed by atoms with Gasteiger partial charge in [-0.3, -0.25) is 0 Å². The molecule has 2 aromatic heterocycles. The van der Waals surface area contributed by atoms with Crippen molar-refractivity contribution in [3.63, 3.8) is 0 Å². The van der Waals surface area contributed by atoms with E-state index in [1.54, 1.807) is 11.8 Å². The molecule has 1 nitrogen and oxygen atoms in total. The number of halogens is 1. The van der Waals surface area contributed by atoms with Gasteiger partial charge in [-0.05, 0) is 70.6 Å². The van der Waals surface area contributed by atoms with Crippen LogP contribution in [0.3, 0.4) is 0 Å². The van der Waals surface area contributed by atoms with Crippen LogP contribution in [0.2, 0.25) is 0 Å². The molecule has 0 unspecified atom stereocenters. The predicted molar refractivity (Wildman–Crippen MR) is 144 cm³/mol. The van der Waals surface area contributed by atoms with Gasteiger partial charge in [0.15, 0.2) is 0 Å². The van der Waals surface area contributed by atoms with E-state index in [2.05, 4.69) is 118 Å². The first-order valence-corrected chi connectivity index (χ1v) is 12.7. The van der Waals surface area contributed by atoms with Gasteiger partial charge in [-0.15, -0.1) is 11.8 Å². The van der Waals surface area contributed by atoms with Crippen LogP contribution in [0.15, 0.2) is 100 Å². The molecule has 7 aromatic rings. The molecule has 0 radical (unpaired) electrons. The van der Waals surface area contributed by atoms with Crippen molar-refractivity contribution < 1.29 is 0 Å². The topological polar surface area (TPSA) is 4.41 Å². The van der Waals surface area contributed by atoms with Crippen LogP contribution in [0.5, 0.6) is 0 Å². The number of aromatic nitrogens is 1. The average Bonchev–Trinajstić information content (AvgIpc) is 3.34. The molecular formula is C29H18BrNS. The van der Waals surface area contributed by atoms with Gasteiger partial charge in [-0.1, -0.05) is 64.5 Å². The number of thioether (sulfide) groups is 1. The number of benzene rings is 5. The number of hydrogen-bond donors (Lipinski definition) is 0. The van der Waals surface area contributed by atoms with Gasteiger partial charge in [0.25, 0.3) is 0 Å². The van der Waals surface area contributed by atoms with Crippen LogP contribution >= 0.6 is 27.7 Å². The highest BCUT2D eigenvalue weighted by atomic mass is 79.9. The maximum atomic E-state index is 3.65. The molecule has 0 saturated heterocycles. The summed E-state index contributed by atoms with van der Waals surface area (Å²) >= 11 is 5.44. The first-order valence-electron chi connectivity index (χ1n) is 10.7. The van der Waals surface area contributed by atoms with E-state index in [4.69, 9.17) is 0 Å². The van der Waals surface area contributed by atoms with Gasteiger partial charge >= 0.3 is 0 Å². The van der Waals surface area contributed by atoms with Crippen LogP contribution in [-0.2, 0) is 0 Å². The summed E-state index contributed by atoms with van der Waals surface area (Å²) in [4.78, 5) is 1.29. The Morgan fingerprint density at radius 1 is 0.656 bits per heavy atom. The zero-order valence-corrected chi connectivity index (χ0v) is 19.8. The molecular weight excluding hydrogens is 474 g/mol. The van der Waals surface area contributed by atoms with E-state index in [0.29, 0.717) is 0 Å². The Kier molecular flexibility index (Phi) is 3.91. The lowest BCUT2D eigenvalue weighted by atomic mass is 9.99. The number of fused-ring (bicyclic) bond motifs is 7. The number of hydrogen-bond acceptors (Lipinski definition) is 1. The van der Waals surface area contributed by atoms with Crippen LogP contribution in [0, 0.1) is 0 Å². The lowest BCUT2D eigenvalue weighted by Crippen LogP contribution is -1.85. The molecule has 2 heterocycles. The van der Waals surface area contributed by atoms with E-state index in [1.807, 2.05) is 0 Å². The van der Waals surface area contributed by atoms with Gasteiger partial charge in [0.2, 0.25) is 0 Å². The molecule has 0 bridgehead atoms. The summed E-state index contributed by atoms with van der Waals surface area (Å²) < 4.78 is 3.56. The minimum absolute atomic E-state index is 1.11. The highest BCUT2D eigenvalue weighted by Crippen LogP contribution is 2.41. The first kappa shape index (κ1) is 18.6. The fourth-order valence-corrected chi connectivity index (χ4v) is 6.21. The molecule has 7 rings (SSSR count). The molecule has 152 valence electrons. The molecule has 5 aromatic carbocycles. The second kappa shape index (κ2) is 6.74. The third-order valence-corrected chi connectivity index (χ3v) is 7.94. The van der Waals surface area contributed by atoms with Gasteiger partial charge < -0.3 is 4.40 Å². The summed E-state index contributed by atoms with van der Waals surface area (Å²) in [5, 5.41) is 7.85. The summed E-state index contributed by atoms with van der Waals surface area (Å²) in [7, 11) is 0. The Balaban J connectivity index is 1.59.